The summed E-state index contributed by atoms with van der Waals surface area (Å²) in [6.07, 6.45) is 16.5. The Morgan fingerprint density at radius 1 is 0.846 bits per heavy atom. The van der Waals surface area contributed by atoms with Gasteiger partial charge in [0.2, 0.25) is 15.9 Å². The Morgan fingerprint density at radius 2 is 1.38 bits per heavy atom. The molecule has 1 fully saturated rings. The molecule has 0 aromatic heterocycles. The summed E-state index contributed by atoms with van der Waals surface area (Å²) in [7, 11) is -3.67. The average Bonchev–Trinajstić information content (AvgIpc) is 3.11. The number of anilines is 3. The summed E-state index contributed by atoms with van der Waals surface area (Å²) in [6.45, 7) is 5.15. The van der Waals surface area contributed by atoms with Crippen molar-refractivity contribution in [2.45, 2.75) is 110 Å². The molecule has 12 nitrogen and oxygen atoms in total. The largest absolute Gasteiger partial charge is 0.505 e. The molecule has 0 saturated carbocycles. The van der Waals surface area contributed by atoms with Gasteiger partial charge in [0.25, 0.3) is 5.91 Å². The van der Waals surface area contributed by atoms with Gasteiger partial charge in [-0.2, -0.15) is 4.21 Å². The van der Waals surface area contributed by atoms with Crippen molar-refractivity contribution < 1.29 is 36.2 Å². The maximum Gasteiger partial charge on any atom is 0.316 e. The van der Waals surface area contributed by atoms with Crippen LogP contribution in [0.25, 0.3) is 0 Å². The SMILES string of the molecule is CCCCCCCCCCCCCCCCS(=O)(=O)Nc1cc(Cl)c(OS(=O)Nc2cc(NC(=O)CC)c(O)c(C(=O)N3CCOCC3)c2)c(Cl)c1. The van der Waals surface area contributed by atoms with Gasteiger partial charge < -0.3 is 24.2 Å². The molecule has 1 atom stereocenters. The monoisotopic (exact) mass is 804 g/mol. The van der Waals surface area contributed by atoms with Gasteiger partial charge in [0, 0.05) is 19.5 Å². The Hall–Kier alpha value is -2.78. The van der Waals surface area contributed by atoms with Gasteiger partial charge >= 0.3 is 11.3 Å². The topological polar surface area (TPSA) is 163 Å². The summed E-state index contributed by atoms with van der Waals surface area (Å²) in [6, 6.07) is 5.20. The van der Waals surface area contributed by atoms with E-state index in [2.05, 4.69) is 21.7 Å². The number of hydrogen-bond donors (Lipinski definition) is 4. The third-order valence-electron chi connectivity index (χ3n) is 8.63. The van der Waals surface area contributed by atoms with Gasteiger partial charge in [-0.05, 0) is 30.7 Å². The minimum Gasteiger partial charge on any atom is -0.505 e. The molecule has 16 heteroatoms. The number of nitrogens with one attached hydrogen (secondary N) is 3. The maximum atomic E-state index is 13.2. The molecule has 4 N–H and O–H groups in total. The summed E-state index contributed by atoms with van der Waals surface area (Å²) in [5.74, 6) is -1.58. The number of halogens is 2. The lowest BCUT2D eigenvalue weighted by molar-refractivity contribution is -0.115. The lowest BCUT2D eigenvalue weighted by Gasteiger charge is -2.27. The smallest absolute Gasteiger partial charge is 0.316 e. The Balaban J connectivity index is 1.50. The lowest BCUT2D eigenvalue weighted by atomic mass is 10.0. The molecule has 1 unspecified atom stereocenters. The molecule has 1 heterocycles. The molecule has 52 heavy (non-hydrogen) atoms. The number of amides is 2. The first-order valence-corrected chi connectivity index (χ1v) is 21.8. The van der Waals surface area contributed by atoms with E-state index < -0.39 is 38.9 Å². The van der Waals surface area contributed by atoms with Crippen LogP contribution in [0.5, 0.6) is 11.5 Å². The van der Waals surface area contributed by atoms with Crippen molar-refractivity contribution in [1.82, 2.24) is 4.90 Å². The van der Waals surface area contributed by atoms with Crippen molar-refractivity contribution in [3.63, 3.8) is 0 Å². The van der Waals surface area contributed by atoms with Crippen LogP contribution in [-0.4, -0.2) is 66.5 Å². The zero-order valence-corrected chi connectivity index (χ0v) is 33.4. The van der Waals surface area contributed by atoms with E-state index in [4.69, 9.17) is 32.1 Å². The standard InChI is InChI=1S/C36H54Cl2N4O8S2/c1-3-5-6-7-8-9-10-11-12-13-14-15-16-17-22-52(47,48)41-28-24-30(37)35(31(38)25-28)50-51(46)40-27-23-29(36(45)42-18-20-49-21-19-42)34(44)32(26-27)39-33(43)4-2/h23-26,40-41,44H,3-22H2,1-2H3,(H,39,43). The number of rotatable bonds is 24. The minimum absolute atomic E-state index is 0.0458. The van der Waals surface area contributed by atoms with E-state index in [0.29, 0.717) is 32.7 Å². The molecular formula is C36H54Cl2N4O8S2. The number of phenols is 1. The number of unbranched alkanes of at least 4 members (excludes halogenated alkanes) is 13. The molecule has 0 radical (unpaired) electrons. The van der Waals surface area contributed by atoms with Gasteiger partial charge in [-0.3, -0.25) is 19.0 Å². The molecule has 1 aliphatic rings. The Labute approximate surface area is 321 Å². The third-order valence-corrected chi connectivity index (χ3v) is 11.3. The predicted octanol–water partition coefficient (Wildman–Crippen LogP) is 8.81. The minimum atomic E-state index is -3.67. The number of ether oxygens (including phenoxy) is 1. The number of carbonyl (C=O) groups excluding carboxylic acids is 2. The molecule has 0 spiro atoms. The van der Waals surface area contributed by atoms with Gasteiger partial charge in [-0.1, -0.05) is 121 Å². The number of benzene rings is 2. The van der Waals surface area contributed by atoms with E-state index >= 15 is 0 Å². The van der Waals surface area contributed by atoms with Crippen molar-refractivity contribution >= 4 is 73.4 Å². The quantitative estimate of drug-likeness (QED) is 0.0465. The van der Waals surface area contributed by atoms with E-state index in [1.165, 1.54) is 93.4 Å². The second-order valence-corrected chi connectivity index (χ2v) is 16.4. The Bertz CT molecular complexity index is 1570. The first kappa shape index (κ1) is 43.6. The highest BCUT2D eigenvalue weighted by molar-refractivity contribution is 7.92. The number of phenolic OH excluding ortho intramolecular Hbond substituents is 1. The van der Waals surface area contributed by atoms with Crippen molar-refractivity contribution in [3.05, 3.63) is 39.9 Å². The summed E-state index contributed by atoms with van der Waals surface area (Å²) in [4.78, 5) is 26.9. The fourth-order valence-electron chi connectivity index (χ4n) is 5.74. The molecule has 1 saturated heterocycles. The van der Waals surface area contributed by atoms with Gasteiger partial charge in [-0.25, -0.2) is 8.42 Å². The number of hydrogen-bond acceptors (Lipinski definition) is 8. The maximum absolute atomic E-state index is 13.2. The number of carbonyl (C=O) groups is 2. The van der Waals surface area contributed by atoms with Crippen LogP contribution >= 0.6 is 23.2 Å². The predicted molar refractivity (Wildman–Crippen MR) is 210 cm³/mol. The fraction of sp³-hybridized carbons (Fsp3) is 0.611. The van der Waals surface area contributed by atoms with Crippen LogP contribution in [0, 0.1) is 0 Å². The van der Waals surface area contributed by atoms with E-state index in [-0.39, 0.29) is 50.6 Å². The van der Waals surface area contributed by atoms with Crippen LogP contribution in [0.15, 0.2) is 24.3 Å². The van der Waals surface area contributed by atoms with Crippen molar-refractivity contribution in [1.29, 1.82) is 0 Å². The van der Waals surface area contributed by atoms with Crippen LogP contribution in [0.3, 0.4) is 0 Å². The van der Waals surface area contributed by atoms with Crippen LogP contribution < -0.4 is 18.9 Å². The van der Waals surface area contributed by atoms with Crippen LogP contribution in [-0.2, 0) is 30.8 Å². The summed E-state index contributed by atoms with van der Waals surface area (Å²) < 4.78 is 54.4. The molecule has 2 amide bonds. The molecule has 292 valence electrons. The van der Waals surface area contributed by atoms with Crippen LogP contribution in [0.2, 0.25) is 10.0 Å². The molecule has 2 aromatic rings. The number of aromatic hydroxyl groups is 1. The van der Waals surface area contributed by atoms with Crippen molar-refractivity contribution in [2.24, 2.45) is 0 Å². The van der Waals surface area contributed by atoms with E-state index in [9.17, 15) is 27.3 Å². The second-order valence-electron chi connectivity index (χ2n) is 12.9. The Kier molecular flexibility index (Phi) is 19.4. The summed E-state index contributed by atoms with van der Waals surface area (Å²) in [5.41, 5.74) is 0.0242. The van der Waals surface area contributed by atoms with Crippen molar-refractivity contribution in [2.75, 3.05) is 46.8 Å². The fourth-order valence-corrected chi connectivity index (χ4v) is 8.24. The van der Waals surface area contributed by atoms with Crippen LogP contribution in [0.1, 0.15) is 121 Å². The van der Waals surface area contributed by atoms with E-state index in [0.717, 1.165) is 19.3 Å². The van der Waals surface area contributed by atoms with Gasteiger partial charge in [0.1, 0.15) is 0 Å². The van der Waals surface area contributed by atoms with Gasteiger partial charge in [-0.15, -0.1) is 0 Å². The molecule has 0 aliphatic carbocycles. The van der Waals surface area contributed by atoms with Crippen molar-refractivity contribution in [3.8, 4) is 11.5 Å². The summed E-state index contributed by atoms with van der Waals surface area (Å²) in [5, 5.41) is 13.2. The second kappa shape index (κ2) is 23.1. The third kappa shape index (κ3) is 15.3. The number of nitrogens with zero attached hydrogens (tertiary/aromatic N) is 1. The normalized spacial score (nSPS) is 13.8. The average molecular weight is 806 g/mol. The zero-order valence-electron chi connectivity index (χ0n) is 30.3. The van der Waals surface area contributed by atoms with Gasteiger partial charge in [0.05, 0.1) is 51.6 Å². The number of sulfonamides is 1. The molecule has 0 bridgehead atoms. The molecular weight excluding hydrogens is 751 g/mol. The van der Waals surface area contributed by atoms with E-state index in [1.807, 2.05) is 0 Å². The molecule has 2 aromatic carbocycles. The van der Waals surface area contributed by atoms with Crippen LogP contribution in [0.4, 0.5) is 17.1 Å². The van der Waals surface area contributed by atoms with E-state index in [1.54, 1.807) is 6.92 Å². The van der Waals surface area contributed by atoms with Gasteiger partial charge in [0.15, 0.2) is 11.5 Å². The molecule has 3 rings (SSSR count). The summed E-state index contributed by atoms with van der Waals surface area (Å²) >= 11 is 10.4. The number of morpholine rings is 1. The first-order valence-electron chi connectivity index (χ1n) is 18.3. The lowest BCUT2D eigenvalue weighted by Crippen LogP contribution is -2.40. The molecule has 1 aliphatic heterocycles. The Morgan fingerprint density at radius 3 is 1.92 bits per heavy atom. The highest BCUT2D eigenvalue weighted by Crippen LogP contribution is 2.38. The zero-order chi connectivity index (χ0) is 37.9. The first-order chi connectivity index (χ1) is 24.9. The highest BCUT2D eigenvalue weighted by atomic mass is 35.5. The highest BCUT2D eigenvalue weighted by Gasteiger charge is 2.25.